The van der Waals surface area contributed by atoms with Crippen LogP contribution in [0.3, 0.4) is 0 Å². The third-order valence-corrected chi connectivity index (χ3v) is 6.71. The average Bonchev–Trinajstić information content (AvgIpc) is 3.26. The molecule has 0 spiro atoms. The molecule has 0 fully saturated rings. The minimum absolute atomic E-state index is 0.228. The molecule has 0 aliphatic rings. The van der Waals surface area contributed by atoms with Crippen LogP contribution in [0.4, 0.5) is 19.6 Å². The molecule has 10 heteroatoms. The van der Waals surface area contributed by atoms with E-state index in [1.54, 1.807) is 42.5 Å². The second-order valence-electron chi connectivity index (χ2n) is 6.96. The minimum Gasteiger partial charge on any atom is -0.330 e. The Hall–Kier alpha value is -3.63. The normalized spacial score (nSPS) is 11.1. The average molecular weight is 480 g/mol. The third kappa shape index (κ3) is 4.62. The third-order valence-electron chi connectivity index (χ3n) is 4.74. The number of rotatable bonds is 6. The summed E-state index contributed by atoms with van der Waals surface area (Å²) in [6, 6.07) is 18.9. The van der Waals surface area contributed by atoms with Gasteiger partial charge in [0.05, 0.1) is 22.3 Å². The molecule has 0 aliphatic heterocycles. The topological polar surface area (TPSA) is 72.7 Å². The van der Waals surface area contributed by atoms with Crippen molar-refractivity contribution >= 4 is 44.8 Å². The molecular weight excluding hydrogens is 464 g/mol. The molecule has 0 unspecified atom stereocenters. The molecule has 0 saturated carbocycles. The number of fused-ring (bicyclic) bond motifs is 1. The van der Waals surface area contributed by atoms with E-state index in [1.165, 1.54) is 51.9 Å². The number of halogens is 2. The summed E-state index contributed by atoms with van der Waals surface area (Å²) in [6.07, 6.45) is 0. The molecule has 5 rings (SSSR count). The van der Waals surface area contributed by atoms with Gasteiger partial charge in [0, 0.05) is 5.69 Å². The van der Waals surface area contributed by atoms with E-state index in [0.717, 1.165) is 0 Å². The number of hydrogen-bond acceptors (Lipinski definition) is 7. The summed E-state index contributed by atoms with van der Waals surface area (Å²) >= 11 is 2.68. The van der Waals surface area contributed by atoms with E-state index in [4.69, 9.17) is 0 Å². The number of hydrogen-bond donors (Lipinski definition) is 1. The first-order valence-corrected chi connectivity index (χ1v) is 11.6. The Labute approximate surface area is 195 Å². The van der Waals surface area contributed by atoms with Gasteiger partial charge < -0.3 is 5.32 Å². The van der Waals surface area contributed by atoms with Gasteiger partial charge in [0.2, 0.25) is 5.13 Å². The number of para-hydroxylation sites is 1. The van der Waals surface area contributed by atoms with E-state index < -0.39 is 0 Å². The molecule has 33 heavy (non-hydrogen) atoms. The number of thioether (sulfide) groups is 1. The Bertz CT molecular complexity index is 1500. The standard InChI is InChI=1S/C23H15F2N5OS2/c24-14-8-10-17(11-9-14)30-20(27-19-7-2-1-6-18(19)21(30)31)13-32-23-29-28-22(33-23)26-16-5-3-4-15(25)12-16/h1-12H,13H2,(H,26,28). The summed E-state index contributed by atoms with van der Waals surface area (Å²) in [5.41, 5.74) is 1.46. The smallest absolute Gasteiger partial charge is 0.265 e. The number of nitrogens with zero attached hydrogens (tertiary/aromatic N) is 4. The molecule has 2 heterocycles. The molecule has 0 radical (unpaired) electrons. The molecule has 0 bridgehead atoms. The molecular formula is C23H15F2N5OS2. The van der Waals surface area contributed by atoms with Crippen molar-refractivity contribution < 1.29 is 8.78 Å². The molecule has 0 atom stereocenters. The van der Waals surface area contributed by atoms with Gasteiger partial charge in [-0.2, -0.15) is 0 Å². The number of nitrogens with one attached hydrogen (secondary N) is 1. The maximum atomic E-state index is 13.5. The van der Waals surface area contributed by atoms with Gasteiger partial charge in [-0.25, -0.2) is 13.8 Å². The second kappa shape index (κ2) is 9.08. The molecule has 0 amide bonds. The quantitative estimate of drug-likeness (QED) is 0.322. The minimum atomic E-state index is -0.386. The summed E-state index contributed by atoms with van der Waals surface area (Å²) < 4.78 is 29.0. The molecule has 3 aromatic carbocycles. The fourth-order valence-electron chi connectivity index (χ4n) is 3.27. The zero-order chi connectivity index (χ0) is 22.8. The maximum absolute atomic E-state index is 13.5. The van der Waals surface area contributed by atoms with Crippen LogP contribution in [0.25, 0.3) is 16.6 Å². The molecule has 0 saturated heterocycles. The van der Waals surface area contributed by atoms with E-state index in [9.17, 15) is 13.6 Å². The highest BCUT2D eigenvalue weighted by molar-refractivity contribution is 8.00. The number of aromatic nitrogens is 4. The van der Waals surface area contributed by atoms with Gasteiger partial charge in [-0.3, -0.25) is 9.36 Å². The van der Waals surface area contributed by atoms with Crippen molar-refractivity contribution in [2.75, 3.05) is 5.32 Å². The lowest BCUT2D eigenvalue weighted by Crippen LogP contribution is -2.23. The largest absolute Gasteiger partial charge is 0.330 e. The summed E-state index contributed by atoms with van der Waals surface area (Å²) in [7, 11) is 0. The lowest BCUT2D eigenvalue weighted by molar-refractivity contribution is 0.627. The Balaban J connectivity index is 1.44. The van der Waals surface area contributed by atoms with Crippen LogP contribution in [0.5, 0.6) is 0 Å². The number of benzene rings is 3. The molecule has 6 nitrogen and oxygen atoms in total. The second-order valence-corrected chi connectivity index (χ2v) is 9.16. The summed E-state index contributed by atoms with van der Waals surface area (Å²) in [4.78, 5) is 17.9. The van der Waals surface area contributed by atoms with Crippen molar-refractivity contribution in [1.29, 1.82) is 0 Å². The SMILES string of the molecule is O=c1c2ccccc2nc(CSc2nnc(Nc3cccc(F)c3)s2)n1-c1ccc(F)cc1. The Morgan fingerprint density at radius 3 is 2.58 bits per heavy atom. The van der Waals surface area contributed by atoms with Crippen molar-refractivity contribution in [3.63, 3.8) is 0 Å². The van der Waals surface area contributed by atoms with Gasteiger partial charge in [-0.15, -0.1) is 10.2 Å². The van der Waals surface area contributed by atoms with E-state index in [1.807, 2.05) is 6.07 Å². The van der Waals surface area contributed by atoms with Crippen LogP contribution < -0.4 is 10.9 Å². The van der Waals surface area contributed by atoms with E-state index in [0.29, 0.717) is 43.3 Å². The van der Waals surface area contributed by atoms with Crippen molar-refractivity contribution in [2.45, 2.75) is 10.1 Å². The fourth-order valence-corrected chi connectivity index (χ4v) is 4.96. The summed E-state index contributed by atoms with van der Waals surface area (Å²) in [5, 5.41) is 12.3. The van der Waals surface area contributed by atoms with Crippen LogP contribution in [0.15, 0.2) is 81.9 Å². The Morgan fingerprint density at radius 2 is 1.76 bits per heavy atom. The number of anilines is 2. The van der Waals surface area contributed by atoms with Gasteiger partial charge in [-0.1, -0.05) is 41.3 Å². The van der Waals surface area contributed by atoms with Crippen LogP contribution in [-0.2, 0) is 5.75 Å². The summed E-state index contributed by atoms with van der Waals surface area (Å²) in [5.74, 6) is 0.112. The van der Waals surface area contributed by atoms with E-state index >= 15 is 0 Å². The predicted molar refractivity (Wildman–Crippen MR) is 126 cm³/mol. The van der Waals surface area contributed by atoms with Crippen molar-refractivity contribution in [1.82, 2.24) is 19.7 Å². The van der Waals surface area contributed by atoms with E-state index in [-0.39, 0.29) is 17.2 Å². The van der Waals surface area contributed by atoms with Crippen molar-refractivity contribution in [3.05, 3.63) is 101 Å². The zero-order valence-corrected chi connectivity index (χ0v) is 18.5. The molecule has 5 aromatic rings. The molecule has 164 valence electrons. The van der Waals surface area contributed by atoms with Gasteiger partial charge in [0.15, 0.2) is 4.34 Å². The fraction of sp³-hybridized carbons (Fsp3) is 0.0435. The van der Waals surface area contributed by atoms with Gasteiger partial charge in [0.25, 0.3) is 5.56 Å². The van der Waals surface area contributed by atoms with Crippen LogP contribution in [0, 0.1) is 11.6 Å². The predicted octanol–water partition coefficient (Wildman–Crippen LogP) is 5.55. The van der Waals surface area contributed by atoms with Crippen LogP contribution >= 0.6 is 23.1 Å². The first-order valence-electron chi connectivity index (χ1n) is 9.82. The van der Waals surface area contributed by atoms with Crippen LogP contribution in [0.2, 0.25) is 0 Å². The molecule has 0 aliphatic carbocycles. The highest BCUT2D eigenvalue weighted by Gasteiger charge is 2.15. The van der Waals surface area contributed by atoms with Crippen LogP contribution in [0.1, 0.15) is 5.82 Å². The zero-order valence-electron chi connectivity index (χ0n) is 16.9. The molecule has 1 N–H and O–H groups in total. The highest BCUT2D eigenvalue weighted by Crippen LogP contribution is 2.30. The molecule has 2 aromatic heterocycles. The first kappa shape index (κ1) is 21.2. The lowest BCUT2D eigenvalue weighted by atomic mass is 10.2. The van der Waals surface area contributed by atoms with E-state index in [2.05, 4.69) is 20.5 Å². The Morgan fingerprint density at radius 1 is 0.939 bits per heavy atom. The van der Waals surface area contributed by atoms with Gasteiger partial charge >= 0.3 is 0 Å². The maximum Gasteiger partial charge on any atom is 0.265 e. The van der Waals surface area contributed by atoms with Gasteiger partial charge in [-0.05, 0) is 54.6 Å². The highest BCUT2D eigenvalue weighted by atomic mass is 32.2. The van der Waals surface area contributed by atoms with Crippen molar-refractivity contribution in [3.8, 4) is 5.69 Å². The van der Waals surface area contributed by atoms with Crippen molar-refractivity contribution in [2.24, 2.45) is 0 Å². The van der Waals surface area contributed by atoms with Gasteiger partial charge in [0.1, 0.15) is 17.5 Å². The summed E-state index contributed by atoms with van der Waals surface area (Å²) in [6.45, 7) is 0. The monoisotopic (exact) mass is 479 g/mol. The first-order chi connectivity index (χ1) is 16.1. The Kier molecular flexibility index (Phi) is 5.84. The lowest BCUT2D eigenvalue weighted by Gasteiger charge is -2.13. The van der Waals surface area contributed by atoms with Crippen LogP contribution in [-0.4, -0.2) is 19.7 Å².